The highest BCUT2D eigenvalue weighted by atomic mass is 35.5. The van der Waals surface area contributed by atoms with Crippen LogP contribution in [0.1, 0.15) is 18.4 Å². The zero-order valence-corrected chi connectivity index (χ0v) is 17.4. The minimum Gasteiger partial charge on any atom is -0.497 e. The maximum Gasteiger partial charge on any atom is 0.263 e. The van der Waals surface area contributed by atoms with E-state index in [2.05, 4.69) is 10.1 Å². The third-order valence-electron chi connectivity index (χ3n) is 4.33. The molecule has 0 spiro atoms. The number of methoxy groups -OCH3 is 1. The number of benzene rings is 2. The molecule has 0 bridgehead atoms. The Morgan fingerprint density at radius 3 is 2.76 bits per heavy atom. The predicted molar refractivity (Wildman–Crippen MR) is 109 cm³/mol. The molecule has 152 valence electrons. The second-order valence-electron chi connectivity index (χ2n) is 6.61. The molecule has 3 rings (SSSR count). The molecule has 7 nitrogen and oxygen atoms in total. The third kappa shape index (κ3) is 5.06. The fraction of sp³-hybridized carbons (Fsp3) is 0.286. The summed E-state index contributed by atoms with van der Waals surface area (Å²) in [6, 6.07) is 12.6. The van der Waals surface area contributed by atoms with Gasteiger partial charge in [-0.1, -0.05) is 28.9 Å². The molecule has 0 aliphatic carbocycles. The second kappa shape index (κ2) is 8.96. The Bertz CT molecular complexity index is 1010. The van der Waals surface area contributed by atoms with Crippen molar-refractivity contribution in [3.8, 4) is 22.9 Å². The van der Waals surface area contributed by atoms with Crippen LogP contribution >= 0.6 is 11.6 Å². The fourth-order valence-corrected chi connectivity index (χ4v) is 2.85. The Morgan fingerprint density at radius 2 is 2.03 bits per heavy atom. The zero-order chi connectivity index (χ0) is 21.0. The Labute approximate surface area is 174 Å². The summed E-state index contributed by atoms with van der Waals surface area (Å²) in [4.78, 5) is 18.5. The Hall–Kier alpha value is -3.06. The number of carbonyl (C=O) groups excluding carboxylic acids is 1. The molecule has 0 fully saturated rings. The van der Waals surface area contributed by atoms with Crippen molar-refractivity contribution in [2.24, 2.45) is 0 Å². The van der Waals surface area contributed by atoms with Crippen LogP contribution in [-0.2, 0) is 11.3 Å². The quantitative estimate of drug-likeness (QED) is 0.577. The van der Waals surface area contributed by atoms with Crippen LogP contribution in [0.3, 0.4) is 0 Å². The highest BCUT2D eigenvalue weighted by Gasteiger charge is 2.22. The van der Waals surface area contributed by atoms with Crippen molar-refractivity contribution in [1.82, 2.24) is 15.0 Å². The van der Waals surface area contributed by atoms with Gasteiger partial charge in [0.15, 0.2) is 6.10 Å². The highest BCUT2D eigenvalue weighted by molar-refractivity contribution is 6.31. The van der Waals surface area contributed by atoms with Crippen LogP contribution in [0, 0.1) is 6.92 Å². The molecule has 0 radical (unpaired) electrons. The summed E-state index contributed by atoms with van der Waals surface area (Å²) in [5.41, 5.74) is 1.65. The van der Waals surface area contributed by atoms with Gasteiger partial charge in [0.2, 0.25) is 11.7 Å². The third-order valence-corrected chi connectivity index (χ3v) is 4.76. The van der Waals surface area contributed by atoms with Gasteiger partial charge >= 0.3 is 0 Å². The lowest BCUT2D eigenvalue weighted by Crippen LogP contribution is -2.37. The summed E-state index contributed by atoms with van der Waals surface area (Å²) in [7, 11) is 3.25. The van der Waals surface area contributed by atoms with Crippen molar-refractivity contribution < 1.29 is 18.8 Å². The molecule has 1 amide bonds. The van der Waals surface area contributed by atoms with Crippen molar-refractivity contribution in [2.45, 2.75) is 26.5 Å². The van der Waals surface area contributed by atoms with Crippen LogP contribution in [0.15, 0.2) is 47.0 Å². The molecule has 1 heterocycles. The molecule has 2 aromatic carbocycles. The molecular formula is C21H22ClN3O4. The number of halogens is 1. The SMILES string of the molecule is COc1cccc(-c2noc(CN(C)C(=O)[C@H](C)Oc3ccc(Cl)c(C)c3)n2)c1. The van der Waals surface area contributed by atoms with Crippen LogP contribution < -0.4 is 9.47 Å². The largest absolute Gasteiger partial charge is 0.497 e. The number of amides is 1. The van der Waals surface area contributed by atoms with E-state index in [1.165, 1.54) is 4.90 Å². The first-order valence-electron chi connectivity index (χ1n) is 9.02. The lowest BCUT2D eigenvalue weighted by Gasteiger charge is -2.21. The van der Waals surface area contributed by atoms with E-state index in [1.807, 2.05) is 31.2 Å². The normalized spacial score (nSPS) is 11.8. The Kier molecular flexibility index (Phi) is 6.39. The van der Waals surface area contributed by atoms with Crippen LogP contribution in [0.25, 0.3) is 11.4 Å². The number of likely N-dealkylation sites (N-methyl/N-ethyl adjacent to an activating group) is 1. The zero-order valence-electron chi connectivity index (χ0n) is 16.7. The maximum absolute atomic E-state index is 12.6. The average Bonchev–Trinajstić information content (AvgIpc) is 3.18. The van der Waals surface area contributed by atoms with E-state index in [-0.39, 0.29) is 12.5 Å². The van der Waals surface area contributed by atoms with E-state index < -0.39 is 6.10 Å². The highest BCUT2D eigenvalue weighted by Crippen LogP contribution is 2.23. The van der Waals surface area contributed by atoms with Gasteiger partial charge in [-0.2, -0.15) is 4.98 Å². The monoisotopic (exact) mass is 415 g/mol. The summed E-state index contributed by atoms with van der Waals surface area (Å²) >= 11 is 6.02. The number of hydrogen-bond donors (Lipinski definition) is 0. The van der Waals surface area contributed by atoms with E-state index in [0.717, 1.165) is 11.1 Å². The van der Waals surface area contributed by atoms with Crippen molar-refractivity contribution in [2.75, 3.05) is 14.2 Å². The van der Waals surface area contributed by atoms with Gasteiger partial charge in [-0.25, -0.2) is 0 Å². The summed E-state index contributed by atoms with van der Waals surface area (Å²) < 4.78 is 16.2. The number of rotatable bonds is 7. The van der Waals surface area contributed by atoms with Crippen molar-refractivity contribution in [1.29, 1.82) is 0 Å². The number of carbonyl (C=O) groups is 1. The minimum absolute atomic E-state index is 0.170. The van der Waals surface area contributed by atoms with E-state index in [0.29, 0.717) is 28.2 Å². The summed E-state index contributed by atoms with van der Waals surface area (Å²) in [5.74, 6) is 1.83. The molecule has 29 heavy (non-hydrogen) atoms. The van der Waals surface area contributed by atoms with Crippen LogP contribution in [-0.4, -0.2) is 41.2 Å². The van der Waals surface area contributed by atoms with Crippen LogP contribution in [0.2, 0.25) is 5.02 Å². The van der Waals surface area contributed by atoms with E-state index in [9.17, 15) is 4.79 Å². The lowest BCUT2D eigenvalue weighted by molar-refractivity contribution is -0.137. The standard InChI is InChI=1S/C21H22ClN3O4/c1-13-10-17(8-9-18(13)22)28-14(2)21(26)25(3)12-19-23-20(24-29-19)15-6-5-7-16(11-15)27-4/h5-11,14H,12H2,1-4H3/t14-/m0/s1. The molecule has 3 aromatic rings. The molecule has 0 aliphatic rings. The Balaban J connectivity index is 1.63. The van der Waals surface area contributed by atoms with Crippen molar-refractivity contribution in [3.05, 3.63) is 58.9 Å². The van der Waals surface area contributed by atoms with Gasteiger partial charge in [0.1, 0.15) is 11.5 Å². The number of aryl methyl sites for hydroxylation is 1. The molecular weight excluding hydrogens is 394 g/mol. The summed E-state index contributed by atoms with van der Waals surface area (Å²) in [6.45, 7) is 3.74. The number of nitrogens with zero attached hydrogens (tertiary/aromatic N) is 3. The number of hydrogen-bond acceptors (Lipinski definition) is 6. The van der Waals surface area contributed by atoms with Gasteiger partial charge in [0.25, 0.3) is 5.91 Å². The van der Waals surface area contributed by atoms with Gasteiger partial charge in [-0.15, -0.1) is 0 Å². The Morgan fingerprint density at radius 1 is 1.24 bits per heavy atom. The molecule has 8 heteroatoms. The van der Waals surface area contributed by atoms with E-state index in [4.69, 9.17) is 25.6 Å². The molecule has 1 aromatic heterocycles. The second-order valence-corrected chi connectivity index (χ2v) is 7.02. The fourth-order valence-electron chi connectivity index (χ4n) is 2.73. The first-order chi connectivity index (χ1) is 13.9. The van der Waals surface area contributed by atoms with E-state index in [1.54, 1.807) is 39.3 Å². The summed E-state index contributed by atoms with van der Waals surface area (Å²) in [5, 5.41) is 4.63. The number of aromatic nitrogens is 2. The summed E-state index contributed by atoms with van der Waals surface area (Å²) in [6.07, 6.45) is -0.679. The topological polar surface area (TPSA) is 77.7 Å². The minimum atomic E-state index is -0.679. The van der Waals surface area contributed by atoms with Gasteiger partial charge in [-0.05, 0) is 49.7 Å². The molecule has 0 saturated carbocycles. The molecule has 0 N–H and O–H groups in total. The first kappa shape index (κ1) is 20.7. The smallest absolute Gasteiger partial charge is 0.263 e. The van der Waals surface area contributed by atoms with Crippen LogP contribution in [0.4, 0.5) is 0 Å². The molecule has 0 saturated heterocycles. The van der Waals surface area contributed by atoms with E-state index >= 15 is 0 Å². The maximum atomic E-state index is 12.6. The van der Waals surface area contributed by atoms with Gasteiger partial charge < -0.3 is 18.9 Å². The van der Waals surface area contributed by atoms with Gasteiger partial charge in [0.05, 0.1) is 13.7 Å². The molecule has 0 unspecified atom stereocenters. The van der Waals surface area contributed by atoms with Crippen LogP contribution in [0.5, 0.6) is 11.5 Å². The van der Waals surface area contributed by atoms with Gasteiger partial charge in [0, 0.05) is 17.6 Å². The molecule has 1 atom stereocenters. The average molecular weight is 416 g/mol. The van der Waals surface area contributed by atoms with Crippen molar-refractivity contribution in [3.63, 3.8) is 0 Å². The number of ether oxygens (including phenoxy) is 2. The lowest BCUT2D eigenvalue weighted by atomic mass is 10.2. The predicted octanol–water partition coefficient (Wildman–Crippen LogP) is 4.13. The van der Waals surface area contributed by atoms with Crippen molar-refractivity contribution >= 4 is 17.5 Å². The molecule has 0 aliphatic heterocycles. The first-order valence-corrected chi connectivity index (χ1v) is 9.40. The van der Waals surface area contributed by atoms with Gasteiger partial charge in [-0.3, -0.25) is 4.79 Å².